The van der Waals surface area contributed by atoms with Gasteiger partial charge < -0.3 is 39.6 Å². The van der Waals surface area contributed by atoms with Crippen LogP contribution in [0, 0.1) is 0 Å². The zero-order chi connectivity index (χ0) is 28.0. The smallest absolute Gasteiger partial charge is 0.0715 e. The highest BCUT2D eigenvalue weighted by Gasteiger charge is 2.50. The van der Waals surface area contributed by atoms with Crippen molar-refractivity contribution in [1.82, 2.24) is 0 Å². The zero-order valence-corrected chi connectivity index (χ0v) is 20.5. The topological polar surface area (TPSA) is 161 Å². The lowest BCUT2D eigenvalue weighted by Crippen LogP contribution is -2.37. The molecular formula is C32H16O8-4. The van der Waals surface area contributed by atoms with Crippen molar-refractivity contribution >= 4 is 23.9 Å². The van der Waals surface area contributed by atoms with E-state index < -0.39 is 47.5 Å². The maximum atomic E-state index is 11.9. The molecule has 4 aromatic carbocycles. The number of carbonyl (C=O) groups is 4. The van der Waals surface area contributed by atoms with Crippen molar-refractivity contribution in [3.05, 3.63) is 140 Å². The number of carboxylic acid groups (broad SMARTS) is 4. The molecule has 0 unspecified atom stereocenters. The summed E-state index contributed by atoms with van der Waals surface area (Å²) in [6.45, 7) is 0. The molecule has 0 spiro atoms. The van der Waals surface area contributed by atoms with Gasteiger partial charge in [-0.25, -0.2) is 0 Å². The number of carboxylic acids is 4. The standard InChI is InChI=1S/C32H20O8/c33-29(34)13-1-5-17-21(9-13)26-18-6-2-14(30(35)36)10-22(18)25(17)27-19-7-3-16(32(39)40)12-24(19)28(26)20-8-4-15(31(37)38)11-23(20)27/h1-12,25-28H,(H,33,34)(H,35,36)(H,37,38)(H,39,40)/p-4/t25-,26-,27+,28+. The van der Waals surface area contributed by atoms with Gasteiger partial charge in [0.2, 0.25) is 0 Å². The predicted molar refractivity (Wildman–Crippen MR) is 130 cm³/mol. The Morgan fingerprint density at radius 1 is 0.350 bits per heavy atom. The molecule has 4 bridgehead atoms. The van der Waals surface area contributed by atoms with Gasteiger partial charge in [-0.3, -0.25) is 0 Å². The van der Waals surface area contributed by atoms with Crippen molar-refractivity contribution < 1.29 is 39.6 Å². The first-order valence-corrected chi connectivity index (χ1v) is 12.6. The van der Waals surface area contributed by atoms with Gasteiger partial charge >= 0.3 is 0 Å². The van der Waals surface area contributed by atoms with Gasteiger partial charge in [0.05, 0.1) is 23.9 Å². The Kier molecular flexibility index (Phi) is 4.85. The lowest BCUT2D eigenvalue weighted by Gasteiger charge is -2.50. The summed E-state index contributed by atoms with van der Waals surface area (Å²) in [5.41, 5.74) is 5.80. The Balaban J connectivity index is 1.63. The molecule has 8 heteroatoms. The molecule has 4 aromatic rings. The third-order valence-electron chi connectivity index (χ3n) is 8.64. The summed E-state index contributed by atoms with van der Waals surface area (Å²) in [6.07, 6.45) is 0. The fraction of sp³-hybridized carbons (Fsp3) is 0.125. The molecule has 0 amide bonds. The third kappa shape index (κ3) is 3.13. The van der Waals surface area contributed by atoms with Crippen molar-refractivity contribution in [1.29, 1.82) is 0 Å². The van der Waals surface area contributed by atoms with Gasteiger partial charge in [0.25, 0.3) is 0 Å². The Hall–Kier alpha value is -5.24. The molecule has 0 aliphatic heterocycles. The minimum absolute atomic E-state index is 0.0232. The number of benzene rings is 4. The molecule has 0 N–H and O–H groups in total. The normalized spacial score (nSPS) is 20.8. The Bertz CT molecular complexity index is 1580. The summed E-state index contributed by atoms with van der Waals surface area (Å²) >= 11 is 0. The van der Waals surface area contributed by atoms with Crippen LogP contribution in [0.15, 0.2) is 72.8 Å². The van der Waals surface area contributed by atoms with E-state index in [1.807, 2.05) is 0 Å². The molecule has 4 atom stereocenters. The van der Waals surface area contributed by atoms with Crippen LogP contribution in [-0.4, -0.2) is 23.9 Å². The van der Waals surface area contributed by atoms with Gasteiger partial charge in [-0.05, 0) is 91.0 Å². The molecule has 0 aromatic heterocycles. The molecule has 40 heavy (non-hydrogen) atoms. The summed E-state index contributed by atoms with van der Waals surface area (Å²) < 4.78 is 0. The number of aromatic carboxylic acids is 4. The second-order valence-electron chi connectivity index (χ2n) is 10.4. The van der Waals surface area contributed by atoms with E-state index in [1.165, 1.54) is 24.3 Å². The maximum Gasteiger partial charge on any atom is 0.0715 e. The average molecular weight is 528 g/mol. The maximum absolute atomic E-state index is 11.9. The van der Waals surface area contributed by atoms with Crippen LogP contribution in [0.3, 0.4) is 0 Å². The second kappa shape index (κ2) is 8.13. The van der Waals surface area contributed by atoms with E-state index in [4.69, 9.17) is 0 Å². The number of hydrogen-bond donors (Lipinski definition) is 0. The minimum Gasteiger partial charge on any atom is -0.545 e. The van der Waals surface area contributed by atoms with E-state index in [0.29, 0.717) is 22.3 Å². The largest absolute Gasteiger partial charge is 0.545 e. The summed E-state index contributed by atoms with van der Waals surface area (Å²) in [6, 6.07) is 18.8. The Morgan fingerprint density at radius 2 is 0.550 bits per heavy atom. The quantitative estimate of drug-likeness (QED) is 0.358. The Morgan fingerprint density at radius 3 is 0.725 bits per heavy atom. The van der Waals surface area contributed by atoms with Crippen molar-refractivity contribution in [3.63, 3.8) is 0 Å². The molecule has 0 saturated carbocycles. The van der Waals surface area contributed by atoms with E-state index >= 15 is 0 Å². The lowest BCUT2D eigenvalue weighted by molar-refractivity contribution is -0.256. The highest BCUT2D eigenvalue weighted by atomic mass is 16.4. The Labute approximate surface area is 226 Å². The fourth-order valence-corrected chi connectivity index (χ4v) is 7.12. The lowest BCUT2D eigenvalue weighted by atomic mass is 9.52. The molecule has 8 nitrogen and oxygen atoms in total. The van der Waals surface area contributed by atoms with Gasteiger partial charge in [-0.15, -0.1) is 0 Å². The number of carbonyl (C=O) groups excluding carboxylic acids is 4. The highest BCUT2D eigenvalue weighted by molar-refractivity contribution is 5.90. The van der Waals surface area contributed by atoms with E-state index in [0.717, 1.165) is 22.3 Å². The summed E-state index contributed by atoms with van der Waals surface area (Å²) in [7, 11) is 0. The van der Waals surface area contributed by atoms with Crippen LogP contribution in [0.2, 0.25) is 0 Å². The summed E-state index contributed by atoms with van der Waals surface area (Å²) in [5.74, 6) is -7.62. The first kappa shape index (κ1) is 23.8. The van der Waals surface area contributed by atoms with Crippen LogP contribution < -0.4 is 20.4 Å². The summed E-state index contributed by atoms with van der Waals surface area (Å²) in [5, 5.41) is 47.5. The molecule has 0 radical (unpaired) electrons. The second-order valence-corrected chi connectivity index (χ2v) is 10.4. The predicted octanol–water partition coefficient (Wildman–Crippen LogP) is 0.00880. The SMILES string of the molecule is O=C([O-])c1ccc2c(c1)[C@H]1c3ccc(C(=O)[O-])cc3[C@@H]2[C@H]2c3ccc(C(=O)[O-])cc3[C@@H]1c1ccc(C(=O)[O-])cc12. The number of hydrogen-bond acceptors (Lipinski definition) is 8. The van der Waals surface area contributed by atoms with Crippen molar-refractivity contribution in [2.45, 2.75) is 23.7 Å². The van der Waals surface area contributed by atoms with Gasteiger partial charge in [0, 0.05) is 23.7 Å². The van der Waals surface area contributed by atoms with Crippen LogP contribution in [0.4, 0.5) is 0 Å². The fourth-order valence-electron chi connectivity index (χ4n) is 7.12. The van der Waals surface area contributed by atoms with E-state index in [-0.39, 0.29) is 22.3 Å². The molecule has 6 aliphatic carbocycles. The monoisotopic (exact) mass is 528 g/mol. The van der Waals surface area contributed by atoms with E-state index in [1.54, 1.807) is 48.5 Å². The van der Waals surface area contributed by atoms with E-state index in [2.05, 4.69) is 0 Å². The average Bonchev–Trinajstić information content (AvgIpc) is 2.92. The van der Waals surface area contributed by atoms with Crippen LogP contribution in [0.1, 0.15) is 110 Å². The minimum atomic E-state index is -1.35. The third-order valence-corrected chi connectivity index (χ3v) is 8.64. The molecule has 196 valence electrons. The van der Waals surface area contributed by atoms with Crippen LogP contribution in [0.5, 0.6) is 0 Å². The first-order chi connectivity index (χ1) is 19.2. The van der Waals surface area contributed by atoms with Crippen LogP contribution >= 0.6 is 0 Å². The first-order valence-electron chi connectivity index (χ1n) is 12.6. The summed E-state index contributed by atoms with van der Waals surface area (Å²) in [4.78, 5) is 47.5. The highest BCUT2D eigenvalue weighted by Crippen LogP contribution is 2.64. The van der Waals surface area contributed by atoms with Crippen LogP contribution in [-0.2, 0) is 0 Å². The van der Waals surface area contributed by atoms with Crippen molar-refractivity contribution in [2.75, 3.05) is 0 Å². The molecule has 0 fully saturated rings. The van der Waals surface area contributed by atoms with Gasteiger partial charge in [0.1, 0.15) is 0 Å². The van der Waals surface area contributed by atoms with Crippen molar-refractivity contribution in [3.8, 4) is 0 Å². The number of rotatable bonds is 4. The molecular weight excluding hydrogens is 512 g/mol. The molecule has 0 heterocycles. The molecule has 6 aliphatic rings. The molecule has 0 saturated heterocycles. The zero-order valence-electron chi connectivity index (χ0n) is 20.5. The van der Waals surface area contributed by atoms with E-state index in [9.17, 15) is 39.6 Å². The van der Waals surface area contributed by atoms with Crippen molar-refractivity contribution in [2.24, 2.45) is 0 Å². The van der Waals surface area contributed by atoms with Gasteiger partial charge in [0.15, 0.2) is 0 Å². The van der Waals surface area contributed by atoms with Crippen LogP contribution in [0.25, 0.3) is 0 Å². The molecule has 10 rings (SSSR count). The van der Waals surface area contributed by atoms with Gasteiger partial charge in [-0.1, -0.05) is 48.5 Å². The van der Waals surface area contributed by atoms with Gasteiger partial charge in [-0.2, -0.15) is 0 Å².